The van der Waals surface area contributed by atoms with Gasteiger partial charge < -0.3 is 4.74 Å². The minimum atomic E-state index is -0.554. The first kappa shape index (κ1) is 13.6. The second kappa shape index (κ2) is 5.43. The van der Waals surface area contributed by atoms with Crippen LogP contribution in [0.5, 0.6) is 0 Å². The van der Waals surface area contributed by atoms with Gasteiger partial charge in [-0.15, -0.1) is 0 Å². The minimum absolute atomic E-state index is 0.148. The molecule has 1 aromatic heterocycles. The van der Waals surface area contributed by atoms with Gasteiger partial charge in [0, 0.05) is 11.8 Å². The molecular weight excluding hydrogens is 270 g/mol. The van der Waals surface area contributed by atoms with Crippen LogP contribution in [0.1, 0.15) is 12.6 Å². The first-order valence-corrected chi connectivity index (χ1v) is 6.71. The summed E-state index contributed by atoms with van der Waals surface area (Å²) in [4.78, 5) is 39.5. The summed E-state index contributed by atoms with van der Waals surface area (Å²) in [5, 5.41) is 1.49. The lowest BCUT2D eigenvalue weighted by Crippen LogP contribution is -2.53. The first-order valence-electron chi connectivity index (χ1n) is 5.72. The van der Waals surface area contributed by atoms with Gasteiger partial charge in [0.2, 0.25) is 0 Å². The molecule has 1 aromatic rings. The summed E-state index contributed by atoms with van der Waals surface area (Å²) in [7, 11) is 0. The van der Waals surface area contributed by atoms with Crippen molar-refractivity contribution >= 4 is 23.6 Å². The molecule has 0 saturated carbocycles. The molecule has 2 rings (SSSR count). The zero-order valence-electron chi connectivity index (χ0n) is 10.6. The molecule has 8 heteroatoms. The third kappa shape index (κ3) is 2.78. The molecule has 19 heavy (non-hydrogen) atoms. The highest BCUT2D eigenvalue weighted by Gasteiger charge is 2.28. The fourth-order valence-corrected chi connectivity index (χ4v) is 2.60. The molecule has 1 aliphatic heterocycles. The Labute approximate surface area is 113 Å². The highest BCUT2D eigenvalue weighted by molar-refractivity contribution is 7.99. The Bertz CT molecular complexity index is 584. The fourth-order valence-electron chi connectivity index (χ4n) is 1.68. The Hall–Kier alpha value is -1.83. The lowest BCUT2D eigenvalue weighted by molar-refractivity contribution is -0.142. The van der Waals surface area contributed by atoms with E-state index in [2.05, 4.69) is 4.98 Å². The van der Waals surface area contributed by atoms with Gasteiger partial charge in [0.1, 0.15) is 6.54 Å². The van der Waals surface area contributed by atoms with Crippen molar-refractivity contribution in [2.24, 2.45) is 0 Å². The molecular formula is C11H13N3O4S. The van der Waals surface area contributed by atoms with Crippen LogP contribution in [0, 0.1) is 6.92 Å². The number of hydrogen-bond acceptors (Lipinski definition) is 6. The van der Waals surface area contributed by atoms with Crippen LogP contribution in [-0.4, -0.2) is 40.4 Å². The lowest BCUT2D eigenvalue weighted by Gasteiger charge is -2.28. The van der Waals surface area contributed by atoms with Crippen LogP contribution in [-0.2, 0) is 14.3 Å². The molecule has 0 atom stereocenters. The molecule has 0 aliphatic carbocycles. The lowest BCUT2D eigenvalue weighted by atomic mass is 10.4. The van der Waals surface area contributed by atoms with E-state index in [1.807, 2.05) is 0 Å². The standard InChI is InChI=1S/C11H13N3O4S/c1-3-18-10(17)5-13-9(16)6-19-11-12-7(2)4-8(15)14(11)13/h4H,3,5-6H2,1-2H3. The number of ether oxygens (including phenoxy) is 1. The van der Waals surface area contributed by atoms with Gasteiger partial charge in [0.25, 0.3) is 11.5 Å². The number of nitrogens with zero attached hydrogens (tertiary/aromatic N) is 3. The fraction of sp³-hybridized carbons (Fsp3) is 0.455. The minimum Gasteiger partial charge on any atom is -0.465 e. The Morgan fingerprint density at radius 1 is 1.53 bits per heavy atom. The van der Waals surface area contributed by atoms with Crippen LogP contribution in [0.4, 0.5) is 0 Å². The number of aryl methyl sites for hydroxylation is 1. The maximum Gasteiger partial charge on any atom is 0.327 e. The molecule has 0 saturated heterocycles. The van der Waals surface area contributed by atoms with Gasteiger partial charge in [-0.3, -0.25) is 14.4 Å². The molecule has 7 nitrogen and oxygen atoms in total. The number of aromatic nitrogens is 2. The number of hydrogen-bond donors (Lipinski definition) is 0. The Morgan fingerprint density at radius 3 is 2.95 bits per heavy atom. The van der Waals surface area contributed by atoms with E-state index in [0.29, 0.717) is 10.9 Å². The van der Waals surface area contributed by atoms with Crippen molar-refractivity contribution in [1.29, 1.82) is 0 Å². The van der Waals surface area contributed by atoms with Crippen LogP contribution < -0.4 is 10.6 Å². The molecule has 0 aromatic carbocycles. The van der Waals surface area contributed by atoms with Crippen LogP contribution in [0.15, 0.2) is 16.0 Å². The Balaban J connectivity index is 2.38. The molecule has 1 aliphatic rings. The van der Waals surface area contributed by atoms with Gasteiger partial charge in [-0.05, 0) is 13.8 Å². The summed E-state index contributed by atoms with van der Waals surface area (Å²) in [5.74, 6) is -0.727. The van der Waals surface area contributed by atoms with Gasteiger partial charge in [-0.2, -0.15) is 4.68 Å². The zero-order valence-corrected chi connectivity index (χ0v) is 11.4. The van der Waals surface area contributed by atoms with Crippen molar-refractivity contribution in [3.8, 4) is 0 Å². The van der Waals surface area contributed by atoms with Crippen molar-refractivity contribution < 1.29 is 14.3 Å². The molecule has 2 heterocycles. The molecule has 0 N–H and O–H groups in total. The Morgan fingerprint density at radius 2 is 2.26 bits per heavy atom. The summed E-state index contributed by atoms with van der Waals surface area (Å²) < 4.78 is 5.92. The molecule has 102 valence electrons. The van der Waals surface area contributed by atoms with Crippen molar-refractivity contribution in [1.82, 2.24) is 9.66 Å². The van der Waals surface area contributed by atoms with E-state index in [4.69, 9.17) is 4.74 Å². The SMILES string of the molecule is CCOC(=O)CN1C(=O)CSc2nc(C)cc(=O)n21. The Kier molecular flexibility index (Phi) is 3.89. The monoisotopic (exact) mass is 283 g/mol. The van der Waals surface area contributed by atoms with Crippen molar-refractivity contribution in [3.05, 3.63) is 22.1 Å². The second-order valence-corrected chi connectivity index (χ2v) is 4.82. The predicted molar refractivity (Wildman–Crippen MR) is 68.7 cm³/mol. The topological polar surface area (TPSA) is 81.5 Å². The van der Waals surface area contributed by atoms with Gasteiger partial charge in [0.15, 0.2) is 5.16 Å². The van der Waals surface area contributed by atoms with Crippen LogP contribution in [0.25, 0.3) is 0 Å². The molecule has 0 unspecified atom stereocenters. The normalized spacial score (nSPS) is 14.2. The summed E-state index contributed by atoms with van der Waals surface area (Å²) >= 11 is 1.18. The van der Waals surface area contributed by atoms with E-state index in [1.165, 1.54) is 17.8 Å². The van der Waals surface area contributed by atoms with Crippen LogP contribution >= 0.6 is 11.8 Å². The number of amides is 1. The molecule has 0 fully saturated rings. The maximum absolute atomic E-state index is 11.9. The van der Waals surface area contributed by atoms with E-state index in [0.717, 1.165) is 9.69 Å². The summed E-state index contributed by atoms with van der Waals surface area (Å²) in [6.45, 7) is 3.32. The van der Waals surface area contributed by atoms with Gasteiger partial charge in [-0.25, -0.2) is 9.99 Å². The third-order valence-corrected chi connectivity index (χ3v) is 3.35. The average molecular weight is 283 g/mol. The summed E-state index contributed by atoms with van der Waals surface area (Å²) in [5.41, 5.74) is 0.196. The number of thioether (sulfide) groups is 1. The maximum atomic E-state index is 11.9. The molecule has 0 spiro atoms. The van der Waals surface area contributed by atoms with Crippen molar-refractivity contribution in [2.45, 2.75) is 19.0 Å². The van der Waals surface area contributed by atoms with Crippen molar-refractivity contribution in [3.63, 3.8) is 0 Å². The van der Waals surface area contributed by atoms with E-state index in [1.54, 1.807) is 13.8 Å². The quantitative estimate of drug-likeness (QED) is 0.559. The van der Waals surface area contributed by atoms with Gasteiger partial charge >= 0.3 is 5.97 Å². The first-order chi connectivity index (χ1) is 9.02. The summed E-state index contributed by atoms with van der Waals surface area (Å²) in [6, 6.07) is 1.32. The smallest absolute Gasteiger partial charge is 0.327 e. The zero-order chi connectivity index (χ0) is 14.0. The van der Waals surface area contributed by atoms with Gasteiger partial charge in [-0.1, -0.05) is 11.8 Å². The molecule has 0 radical (unpaired) electrons. The van der Waals surface area contributed by atoms with E-state index < -0.39 is 5.97 Å². The summed E-state index contributed by atoms with van der Waals surface area (Å²) in [6.07, 6.45) is 0. The highest BCUT2D eigenvalue weighted by Crippen LogP contribution is 2.19. The number of carbonyl (C=O) groups excluding carboxylic acids is 2. The van der Waals surface area contributed by atoms with Crippen LogP contribution in [0.2, 0.25) is 0 Å². The van der Waals surface area contributed by atoms with Crippen molar-refractivity contribution in [2.75, 3.05) is 23.9 Å². The largest absolute Gasteiger partial charge is 0.465 e. The van der Waals surface area contributed by atoms with Crippen LogP contribution in [0.3, 0.4) is 0 Å². The predicted octanol–water partition coefficient (Wildman–Crippen LogP) is -0.315. The number of esters is 1. The highest BCUT2D eigenvalue weighted by atomic mass is 32.2. The van der Waals surface area contributed by atoms with E-state index in [9.17, 15) is 14.4 Å². The average Bonchev–Trinajstić information content (AvgIpc) is 2.32. The third-order valence-electron chi connectivity index (χ3n) is 2.43. The van der Waals surface area contributed by atoms with E-state index >= 15 is 0 Å². The molecule has 0 bridgehead atoms. The molecule has 1 amide bonds. The number of fused-ring (bicyclic) bond motifs is 1. The second-order valence-electron chi connectivity index (χ2n) is 3.88. The van der Waals surface area contributed by atoms with Gasteiger partial charge in [0.05, 0.1) is 12.4 Å². The van der Waals surface area contributed by atoms with E-state index in [-0.39, 0.29) is 30.4 Å². The number of rotatable bonds is 3. The number of carbonyl (C=O) groups is 2.